The predicted molar refractivity (Wildman–Crippen MR) is 133 cm³/mol. The van der Waals surface area contributed by atoms with Crippen molar-refractivity contribution in [2.45, 2.75) is 162 Å². The zero-order chi connectivity index (χ0) is 21.9. The Balaban J connectivity index is 2.14. The van der Waals surface area contributed by atoms with E-state index < -0.39 is 0 Å². The van der Waals surface area contributed by atoms with Gasteiger partial charge in [-0.3, -0.25) is 0 Å². The lowest BCUT2D eigenvalue weighted by Crippen LogP contribution is -2.40. The predicted octanol–water partition coefficient (Wildman–Crippen LogP) is 9.42. The Labute approximate surface area is 189 Å². The lowest BCUT2D eigenvalue weighted by Gasteiger charge is -2.14. The quantitative estimate of drug-likeness (QED) is 0.151. The summed E-state index contributed by atoms with van der Waals surface area (Å²) in [7, 11) is 0. The molecule has 0 saturated carbocycles. The van der Waals surface area contributed by atoms with Crippen LogP contribution in [0.15, 0.2) is 12.4 Å². The topological polar surface area (TPSA) is 19.7 Å². The molecule has 1 rings (SSSR count). The van der Waals surface area contributed by atoms with Crippen LogP contribution in [0, 0.1) is 0 Å². The molecule has 0 radical (unpaired) electrons. The maximum atomic E-state index is 3.56. The largest absolute Gasteiger partial charge is 0.257 e. The van der Waals surface area contributed by atoms with Crippen LogP contribution in [-0.2, 0) is 0 Å². The van der Waals surface area contributed by atoms with Gasteiger partial charge in [-0.2, -0.15) is 0 Å². The average molecular weight is 420 g/mol. The second-order valence-corrected chi connectivity index (χ2v) is 9.88. The molecule has 2 atom stereocenters. The standard InChI is InChI=1S/C28H54N2/c1-5-7-9-11-13-14-15-17-19-21-23-27(4)30-25-24-29-28(30)26(3)22-20-18-16-12-10-8-6-2/h24-27H,5-23H2,1-4H3/p+1. The van der Waals surface area contributed by atoms with E-state index in [0.29, 0.717) is 12.0 Å². The number of imidazole rings is 1. The van der Waals surface area contributed by atoms with E-state index >= 15 is 0 Å². The van der Waals surface area contributed by atoms with Crippen LogP contribution in [0.25, 0.3) is 0 Å². The summed E-state index contributed by atoms with van der Waals surface area (Å²) in [6, 6.07) is 0.622. The van der Waals surface area contributed by atoms with Crippen molar-refractivity contribution in [2.24, 2.45) is 0 Å². The highest BCUT2D eigenvalue weighted by atomic mass is 15.1. The Bertz CT molecular complexity index is 479. The minimum absolute atomic E-state index is 0.622. The Kier molecular flexibility index (Phi) is 17.2. The normalized spacial score (nSPS) is 13.6. The van der Waals surface area contributed by atoms with Crippen LogP contribution < -0.4 is 4.57 Å². The van der Waals surface area contributed by atoms with Crippen molar-refractivity contribution in [1.82, 2.24) is 4.98 Å². The molecule has 0 amide bonds. The van der Waals surface area contributed by atoms with E-state index in [-0.39, 0.29) is 0 Å². The molecular weight excluding hydrogens is 364 g/mol. The number of nitrogens with one attached hydrogen (secondary N) is 1. The van der Waals surface area contributed by atoms with Crippen molar-refractivity contribution < 1.29 is 4.57 Å². The molecule has 0 aliphatic rings. The average Bonchev–Trinajstić information content (AvgIpc) is 3.24. The molecule has 0 bridgehead atoms. The molecule has 1 aromatic heterocycles. The molecule has 0 aliphatic carbocycles. The van der Waals surface area contributed by atoms with Gasteiger partial charge in [0.25, 0.3) is 5.82 Å². The number of hydrogen-bond acceptors (Lipinski definition) is 0. The number of H-pyrrole nitrogens is 1. The Morgan fingerprint density at radius 3 is 1.57 bits per heavy atom. The summed E-state index contributed by atoms with van der Waals surface area (Å²) in [6.45, 7) is 9.41. The second kappa shape index (κ2) is 18.9. The SMILES string of the molecule is CCCCCCCCCCCCC(C)[n+]1cc[nH]c1C(C)CCCCCCCCC. The molecule has 2 unspecified atom stereocenters. The van der Waals surface area contributed by atoms with Crippen LogP contribution >= 0.6 is 0 Å². The van der Waals surface area contributed by atoms with E-state index in [1.54, 1.807) is 0 Å². The molecule has 2 nitrogen and oxygen atoms in total. The highest BCUT2D eigenvalue weighted by Gasteiger charge is 2.22. The van der Waals surface area contributed by atoms with Crippen LogP contribution in [0.4, 0.5) is 0 Å². The van der Waals surface area contributed by atoms with Crippen molar-refractivity contribution in [3.05, 3.63) is 18.2 Å². The van der Waals surface area contributed by atoms with E-state index in [1.165, 1.54) is 128 Å². The fourth-order valence-electron chi connectivity index (χ4n) is 4.75. The first-order valence-electron chi connectivity index (χ1n) is 13.8. The number of hydrogen-bond donors (Lipinski definition) is 1. The summed E-state index contributed by atoms with van der Waals surface area (Å²) >= 11 is 0. The number of unbranched alkanes of at least 4 members (excludes halogenated alkanes) is 15. The van der Waals surface area contributed by atoms with E-state index in [9.17, 15) is 0 Å². The summed E-state index contributed by atoms with van der Waals surface area (Å²) in [5, 5.41) is 0. The van der Waals surface area contributed by atoms with Gasteiger partial charge in [-0.15, -0.1) is 0 Å². The lowest BCUT2D eigenvalue weighted by atomic mass is 10.00. The third-order valence-corrected chi connectivity index (χ3v) is 6.90. The zero-order valence-electron chi connectivity index (χ0n) is 21.2. The minimum Gasteiger partial charge on any atom is -0.247 e. The van der Waals surface area contributed by atoms with Gasteiger partial charge in [0.15, 0.2) is 0 Å². The number of rotatable bonds is 21. The lowest BCUT2D eigenvalue weighted by molar-refractivity contribution is -0.727. The summed E-state index contributed by atoms with van der Waals surface area (Å²) < 4.78 is 2.53. The molecule has 0 aromatic carbocycles. The van der Waals surface area contributed by atoms with Gasteiger partial charge in [0.05, 0.1) is 12.0 Å². The maximum Gasteiger partial charge on any atom is 0.257 e. The molecule has 1 aromatic rings. The van der Waals surface area contributed by atoms with Crippen molar-refractivity contribution in [3.63, 3.8) is 0 Å². The molecule has 1 N–H and O–H groups in total. The zero-order valence-corrected chi connectivity index (χ0v) is 21.2. The Morgan fingerprint density at radius 2 is 1.07 bits per heavy atom. The summed E-state index contributed by atoms with van der Waals surface area (Å²) in [6.07, 6.45) is 31.1. The number of aromatic nitrogens is 2. The van der Waals surface area contributed by atoms with Crippen molar-refractivity contribution in [2.75, 3.05) is 0 Å². The van der Waals surface area contributed by atoms with Gasteiger partial charge >= 0.3 is 0 Å². The molecule has 0 aliphatic heterocycles. The van der Waals surface area contributed by atoms with Crippen LogP contribution in [0.3, 0.4) is 0 Å². The van der Waals surface area contributed by atoms with Gasteiger partial charge in [0.1, 0.15) is 12.4 Å². The maximum absolute atomic E-state index is 3.56. The van der Waals surface area contributed by atoms with Crippen LogP contribution in [0.2, 0.25) is 0 Å². The van der Waals surface area contributed by atoms with Gasteiger partial charge in [0, 0.05) is 0 Å². The molecule has 0 spiro atoms. The van der Waals surface area contributed by atoms with Gasteiger partial charge in [-0.1, -0.05) is 124 Å². The first-order chi connectivity index (χ1) is 14.7. The van der Waals surface area contributed by atoms with Crippen LogP contribution in [0.1, 0.15) is 167 Å². The van der Waals surface area contributed by atoms with Crippen molar-refractivity contribution in [3.8, 4) is 0 Å². The molecule has 0 saturated heterocycles. The highest BCUT2D eigenvalue weighted by Crippen LogP contribution is 2.21. The van der Waals surface area contributed by atoms with E-state index in [0.717, 1.165) is 0 Å². The highest BCUT2D eigenvalue weighted by molar-refractivity contribution is 4.87. The minimum atomic E-state index is 0.622. The fraction of sp³-hybridized carbons (Fsp3) is 0.893. The monoisotopic (exact) mass is 419 g/mol. The molecule has 30 heavy (non-hydrogen) atoms. The van der Waals surface area contributed by atoms with Gasteiger partial charge in [-0.05, 0) is 26.2 Å². The third-order valence-electron chi connectivity index (χ3n) is 6.90. The second-order valence-electron chi connectivity index (χ2n) is 9.88. The molecule has 1 heterocycles. The first kappa shape index (κ1) is 27.2. The van der Waals surface area contributed by atoms with E-state index in [2.05, 4.69) is 49.6 Å². The van der Waals surface area contributed by atoms with Gasteiger partial charge in [0.2, 0.25) is 0 Å². The Morgan fingerprint density at radius 1 is 0.633 bits per heavy atom. The van der Waals surface area contributed by atoms with E-state index in [1.807, 2.05) is 0 Å². The molecule has 176 valence electrons. The molecular formula is C28H55N2+. The summed E-state index contributed by atoms with van der Waals surface area (Å²) in [5.41, 5.74) is 0. The van der Waals surface area contributed by atoms with Gasteiger partial charge in [-0.25, -0.2) is 9.55 Å². The number of nitrogens with zero attached hydrogens (tertiary/aromatic N) is 1. The smallest absolute Gasteiger partial charge is 0.247 e. The Hall–Kier alpha value is -0.790. The third kappa shape index (κ3) is 12.8. The van der Waals surface area contributed by atoms with E-state index in [4.69, 9.17) is 0 Å². The molecule has 2 heteroatoms. The molecule has 0 fully saturated rings. The summed E-state index contributed by atoms with van der Waals surface area (Å²) in [4.78, 5) is 3.56. The van der Waals surface area contributed by atoms with Gasteiger partial charge < -0.3 is 0 Å². The fourth-order valence-corrected chi connectivity index (χ4v) is 4.75. The summed E-state index contributed by atoms with van der Waals surface area (Å²) in [5.74, 6) is 2.09. The van der Waals surface area contributed by atoms with Crippen molar-refractivity contribution in [1.29, 1.82) is 0 Å². The first-order valence-corrected chi connectivity index (χ1v) is 13.8. The van der Waals surface area contributed by atoms with Crippen LogP contribution in [-0.4, -0.2) is 4.98 Å². The van der Waals surface area contributed by atoms with Crippen LogP contribution in [0.5, 0.6) is 0 Å². The number of aromatic amines is 1. The van der Waals surface area contributed by atoms with Crippen molar-refractivity contribution >= 4 is 0 Å².